The van der Waals surface area contributed by atoms with E-state index in [4.69, 9.17) is 14.0 Å². The van der Waals surface area contributed by atoms with Crippen LogP contribution < -0.4 is 9.47 Å². The summed E-state index contributed by atoms with van der Waals surface area (Å²) in [5.74, 6) is 3.55. The third kappa shape index (κ3) is 4.26. The molecular formula is C18H25N3O3. The minimum Gasteiger partial charge on any atom is -0.490 e. The lowest BCUT2D eigenvalue weighted by Gasteiger charge is -2.30. The molecule has 1 aromatic carbocycles. The Morgan fingerprint density at radius 2 is 1.88 bits per heavy atom. The summed E-state index contributed by atoms with van der Waals surface area (Å²) < 4.78 is 16.6. The van der Waals surface area contributed by atoms with E-state index in [1.165, 1.54) is 0 Å². The molecule has 0 amide bonds. The second-order valence-corrected chi connectivity index (χ2v) is 6.02. The summed E-state index contributed by atoms with van der Waals surface area (Å²) in [7, 11) is 0. The van der Waals surface area contributed by atoms with Crippen molar-refractivity contribution >= 4 is 0 Å². The van der Waals surface area contributed by atoms with Crippen molar-refractivity contribution in [1.29, 1.82) is 0 Å². The van der Waals surface area contributed by atoms with Gasteiger partial charge < -0.3 is 14.0 Å². The van der Waals surface area contributed by atoms with Gasteiger partial charge in [-0.15, -0.1) is 0 Å². The van der Waals surface area contributed by atoms with Gasteiger partial charge in [-0.05, 0) is 45.0 Å². The number of likely N-dealkylation sites (tertiary alicyclic amines) is 1. The summed E-state index contributed by atoms with van der Waals surface area (Å²) in [5.41, 5.74) is 0. The Balaban J connectivity index is 1.42. The van der Waals surface area contributed by atoms with Gasteiger partial charge in [0, 0.05) is 19.4 Å². The maximum atomic E-state index is 5.90. The maximum absolute atomic E-state index is 5.90. The molecule has 6 nitrogen and oxygen atoms in total. The molecule has 0 radical (unpaired) electrons. The summed E-state index contributed by atoms with van der Waals surface area (Å²) in [6, 6.07) is 7.82. The molecule has 1 aliphatic rings. The van der Waals surface area contributed by atoms with Gasteiger partial charge in [-0.2, -0.15) is 4.98 Å². The summed E-state index contributed by atoms with van der Waals surface area (Å²) >= 11 is 0. The molecule has 2 heterocycles. The Morgan fingerprint density at radius 1 is 1.17 bits per heavy atom. The third-order valence-corrected chi connectivity index (χ3v) is 4.31. The Kier molecular flexibility index (Phi) is 5.69. The second-order valence-electron chi connectivity index (χ2n) is 6.02. The van der Waals surface area contributed by atoms with E-state index in [0.717, 1.165) is 49.8 Å². The van der Waals surface area contributed by atoms with Gasteiger partial charge in [0.25, 0.3) is 0 Å². The monoisotopic (exact) mass is 331 g/mol. The van der Waals surface area contributed by atoms with Gasteiger partial charge in [-0.3, -0.25) is 4.90 Å². The predicted molar refractivity (Wildman–Crippen MR) is 90.6 cm³/mol. The first-order valence-electron chi connectivity index (χ1n) is 8.63. The van der Waals surface area contributed by atoms with Crippen molar-refractivity contribution in [1.82, 2.24) is 15.0 Å². The van der Waals surface area contributed by atoms with E-state index in [9.17, 15) is 0 Å². The van der Waals surface area contributed by atoms with E-state index in [-0.39, 0.29) is 0 Å². The highest BCUT2D eigenvalue weighted by Gasteiger charge is 2.24. The quantitative estimate of drug-likeness (QED) is 0.777. The average molecular weight is 331 g/mol. The highest BCUT2D eigenvalue weighted by Crippen LogP contribution is 2.27. The summed E-state index contributed by atoms with van der Waals surface area (Å²) in [6.45, 7) is 8.11. The van der Waals surface area contributed by atoms with E-state index in [0.29, 0.717) is 25.0 Å². The molecule has 1 fully saturated rings. The van der Waals surface area contributed by atoms with E-state index in [1.807, 2.05) is 38.1 Å². The van der Waals surface area contributed by atoms with Crippen LogP contribution in [0.5, 0.6) is 11.5 Å². The molecule has 0 atom stereocenters. The summed E-state index contributed by atoms with van der Waals surface area (Å²) in [6.07, 6.45) is 2.13. The van der Waals surface area contributed by atoms with Crippen LogP contribution in [0.1, 0.15) is 37.4 Å². The molecule has 0 spiro atoms. The molecule has 1 aromatic heterocycles. The number of piperidine rings is 1. The largest absolute Gasteiger partial charge is 0.490 e. The third-order valence-electron chi connectivity index (χ3n) is 4.31. The minimum absolute atomic E-state index is 0.415. The molecule has 0 N–H and O–H groups in total. The molecule has 0 bridgehead atoms. The lowest BCUT2D eigenvalue weighted by molar-refractivity contribution is 0.168. The van der Waals surface area contributed by atoms with Crippen molar-refractivity contribution in [3.63, 3.8) is 0 Å². The number of aryl methyl sites for hydroxylation is 1. The van der Waals surface area contributed by atoms with E-state index >= 15 is 0 Å². The van der Waals surface area contributed by atoms with Crippen LogP contribution in [0.15, 0.2) is 28.8 Å². The van der Waals surface area contributed by atoms with Crippen molar-refractivity contribution in [2.75, 3.05) is 32.8 Å². The van der Waals surface area contributed by atoms with Crippen molar-refractivity contribution < 1.29 is 14.0 Å². The molecule has 130 valence electrons. The molecular weight excluding hydrogens is 306 g/mol. The first kappa shape index (κ1) is 16.8. The van der Waals surface area contributed by atoms with Crippen molar-refractivity contribution in [2.24, 2.45) is 0 Å². The molecule has 2 aromatic rings. The SMILES string of the molecule is CCOc1ccccc1OCCN1CCC(c2noc(C)n2)CC1. The standard InChI is InChI=1S/C18H25N3O3/c1-3-22-16-6-4-5-7-17(16)23-13-12-21-10-8-15(9-11-21)18-19-14(2)24-20-18/h4-7,15H,3,8-13H2,1-2H3. The van der Waals surface area contributed by atoms with Crippen LogP contribution in [0.3, 0.4) is 0 Å². The van der Waals surface area contributed by atoms with Gasteiger partial charge in [-0.1, -0.05) is 17.3 Å². The number of aromatic nitrogens is 2. The van der Waals surface area contributed by atoms with Gasteiger partial charge in [0.15, 0.2) is 17.3 Å². The van der Waals surface area contributed by atoms with Crippen molar-refractivity contribution in [2.45, 2.75) is 32.6 Å². The second kappa shape index (κ2) is 8.15. The molecule has 6 heteroatoms. The first-order chi connectivity index (χ1) is 11.8. The van der Waals surface area contributed by atoms with E-state index < -0.39 is 0 Å². The summed E-state index contributed by atoms with van der Waals surface area (Å²) in [5, 5.41) is 4.05. The first-order valence-corrected chi connectivity index (χ1v) is 8.63. The number of rotatable bonds is 7. The van der Waals surface area contributed by atoms with E-state index in [2.05, 4.69) is 15.0 Å². The smallest absolute Gasteiger partial charge is 0.223 e. The summed E-state index contributed by atoms with van der Waals surface area (Å²) in [4.78, 5) is 6.78. The molecule has 0 saturated carbocycles. The van der Waals surface area contributed by atoms with Crippen LogP contribution in [0.25, 0.3) is 0 Å². The Hall–Kier alpha value is -2.08. The normalized spacial score (nSPS) is 16.2. The fraction of sp³-hybridized carbons (Fsp3) is 0.556. The molecule has 1 aliphatic heterocycles. The molecule has 1 saturated heterocycles. The lowest BCUT2D eigenvalue weighted by atomic mass is 9.96. The maximum Gasteiger partial charge on any atom is 0.223 e. The zero-order valence-corrected chi connectivity index (χ0v) is 14.4. The zero-order chi connectivity index (χ0) is 16.8. The number of benzene rings is 1. The highest BCUT2D eigenvalue weighted by atomic mass is 16.5. The molecule has 3 rings (SSSR count). The zero-order valence-electron chi connectivity index (χ0n) is 14.4. The van der Waals surface area contributed by atoms with Crippen LogP contribution >= 0.6 is 0 Å². The van der Waals surface area contributed by atoms with Gasteiger partial charge in [0.1, 0.15) is 6.61 Å². The Morgan fingerprint density at radius 3 is 2.50 bits per heavy atom. The van der Waals surface area contributed by atoms with Crippen molar-refractivity contribution in [3.8, 4) is 11.5 Å². The average Bonchev–Trinajstić information content (AvgIpc) is 3.04. The topological polar surface area (TPSA) is 60.6 Å². The number of para-hydroxylation sites is 2. The van der Waals surface area contributed by atoms with E-state index in [1.54, 1.807) is 0 Å². The fourth-order valence-corrected chi connectivity index (χ4v) is 3.02. The van der Waals surface area contributed by atoms with Gasteiger partial charge in [-0.25, -0.2) is 0 Å². The van der Waals surface area contributed by atoms with Crippen LogP contribution in [0, 0.1) is 6.92 Å². The molecule has 24 heavy (non-hydrogen) atoms. The number of hydrogen-bond acceptors (Lipinski definition) is 6. The molecule has 0 unspecified atom stereocenters. The van der Waals surface area contributed by atoms with Gasteiger partial charge in [0.05, 0.1) is 6.61 Å². The van der Waals surface area contributed by atoms with Crippen LogP contribution in [0.4, 0.5) is 0 Å². The van der Waals surface area contributed by atoms with Gasteiger partial charge >= 0.3 is 0 Å². The van der Waals surface area contributed by atoms with Crippen LogP contribution in [-0.4, -0.2) is 47.9 Å². The molecule has 0 aliphatic carbocycles. The minimum atomic E-state index is 0.415. The van der Waals surface area contributed by atoms with Crippen LogP contribution in [-0.2, 0) is 0 Å². The highest BCUT2D eigenvalue weighted by molar-refractivity contribution is 5.39. The predicted octanol–water partition coefficient (Wildman–Crippen LogP) is 3.04. The Labute approximate surface area is 142 Å². The number of nitrogens with zero attached hydrogens (tertiary/aromatic N) is 3. The number of hydrogen-bond donors (Lipinski definition) is 0. The van der Waals surface area contributed by atoms with Crippen LogP contribution in [0.2, 0.25) is 0 Å². The van der Waals surface area contributed by atoms with Crippen molar-refractivity contribution in [3.05, 3.63) is 36.0 Å². The fourth-order valence-electron chi connectivity index (χ4n) is 3.02. The Bertz CT molecular complexity index is 636. The number of ether oxygens (including phenoxy) is 2. The van der Waals surface area contributed by atoms with Gasteiger partial charge in [0.2, 0.25) is 5.89 Å². The lowest BCUT2D eigenvalue weighted by Crippen LogP contribution is -2.36.